The van der Waals surface area contributed by atoms with Crippen molar-refractivity contribution in [2.45, 2.75) is 32.1 Å². The maximum Gasteiger partial charge on any atom is 0.325 e. The van der Waals surface area contributed by atoms with Gasteiger partial charge in [-0.15, -0.1) is 0 Å². The molecule has 2 aromatic carbocycles. The summed E-state index contributed by atoms with van der Waals surface area (Å²) < 4.78 is 36.8. The Morgan fingerprint density at radius 1 is 1.00 bits per heavy atom. The molecule has 0 saturated carbocycles. The zero-order valence-electron chi connectivity index (χ0n) is 18.6. The van der Waals surface area contributed by atoms with E-state index >= 15 is 0 Å². The number of ether oxygens (including phenoxy) is 2. The highest BCUT2D eigenvalue weighted by molar-refractivity contribution is 7.89. The van der Waals surface area contributed by atoms with Gasteiger partial charge in [0.2, 0.25) is 10.0 Å². The van der Waals surface area contributed by atoms with Gasteiger partial charge in [-0.2, -0.15) is 0 Å². The average molecular weight is 478 g/mol. The molecule has 0 aliphatic carbocycles. The Morgan fingerprint density at radius 3 is 2.33 bits per heavy atom. The van der Waals surface area contributed by atoms with Gasteiger partial charge in [-0.1, -0.05) is 17.7 Å². The number of carbonyl (C=O) groups excluding carboxylic acids is 3. The number of aryl methyl sites for hydroxylation is 2. The number of hydrogen-bond donors (Lipinski definition) is 3. The summed E-state index contributed by atoms with van der Waals surface area (Å²) in [6, 6.07) is 10.5. The minimum atomic E-state index is -3.82. The molecule has 0 aromatic heterocycles. The molecule has 178 valence electrons. The van der Waals surface area contributed by atoms with Crippen molar-refractivity contribution in [1.29, 1.82) is 0 Å². The van der Waals surface area contributed by atoms with E-state index in [4.69, 9.17) is 9.47 Å². The van der Waals surface area contributed by atoms with Crippen LogP contribution in [0.15, 0.2) is 47.4 Å². The van der Waals surface area contributed by atoms with Crippen molar-refractivity contribution in [3.8, 4) is 5.75 Å². The summed E-state index contributed by atoms with van der Waals surface area (Å²) in [7, 11) is -3.82. The summed E-state index contributed by atoms with van der Waals surface area (Å²) >= 11 is 0. The average Bonchev–Trinajstić information content (AvgIpc) is 2.75. The molecule has 2 rings (SSSR count). The summed E-state index contributed by atoms with van der Waals surface area (Å²) in [6.45, 7) is 5.11. The molecule has 0 spiro atoms. The molecule has 3 N–H and O–H groups in total. The van der Waals surface area contributed by atoms with E-state index in [1.54, 1.807) is 6.07 Å². The van der Waals surface area contributed by atoms with Gasteiger partial charge in [0, 0.05) is 12.2 Å². The first-order valence-corrected chi connectivity index (χ1v) is 11.6. The first-order valence-electron chi connectivity index (χ1n) is 10.2. The van der Waals surface area contributed by atoms with Crippen LogP contribution < -0.4 is 20.1 Å². The maximum absolute atomic E-state index is 12.3. The normalized spacial score (nSPS) is 10.9. The fourth-order valence-corrected chi connectivity index (χ4v) is 3.77. The second-order valence-corrected chi connectivity index (χ2v) is 8.80. The molecule has 0 aliphatic rings. The molecule has 0 saturated heterocycles. The number of amides is 3. The highest BCUT2D eigenvalue weighted by atomic mass is 32.2. The van der Waals surface area contributed by atoms with Crippen LogP contribution in [-0.4, -0.2) is 46.1 Å². The van der Waals surface area contributed by atoms with Crippen molar-refractivity contribution in [3.05, 3.63) is 53.6 Å². The predicted molar refractivity (Wildman–Crippen MR) is 121 cm³/mol. The van der Waals surface area contributed by atoms with Crippen LogP contribution in [0.25, 0.3) is 0 Å². The molecule has 3 amide bonds. The van der Waals surface area contributed by atoms with E-state index in [1.165, 1.54) is 24.3 Å². The molecule has 0 bridgehead atoms. The van der Waals surface area contributed by atoms with Gasteiger partial charge in [-0.3, -0.25) is 14.9 Å². The molecule has 33 heavy (non-hydrogen) atoms. The van der Waals surface area contributed by atoms with Crippen molar-refractivity contribution in [2.24, 2.45) is 0 Å². The molecule has 0 heterocycles. The van der Waals surface area contributed by atoms with Crippen molar-refractivity contribution in [2.75, 3.05) is 25.1 Å². The van der Waals surface area contributed by atoms with E-state index in [0.29, 0.717) is 18.0 Å². The number of imide groups is 1. The van der Waals surface area contributed by atoms with Crippen LogP contribution in [0.2, 0.25) is 0 Å². The highest BCUT2D eigenvalue weighted by Crippen LogP contribution is 2.16. The Kier molecular flexibility index (Phi) is 9.37. The Labute approximate surface area is 192 Å². The van der Waals surface area contributed by atoms with Gasteiger partial charge in [-0.05, 0) is 56.7 Å². The standard InChI is InChI=1S/C22H27N3O7S/c1-4-31-17-6-8-18(9-7-17)33(29,30)23-12-11-21(27)32-14-20(26)25-22(28)24-19-10-5-15(2)13-16(19)3/h5-10,13,23H,4,11-12,14H2,1-3H3,(H2,24,25,26,28). The van der Waals surface area contributed by atoms with E-state index < -0.39 is 34.5 Å². The predicted octanol–water partition coefficient (Wildman–Crippen LogP) is 2.26. The number of urea groups is 1. The largest absolute Gasteiger partial charge is 0.494 e. The van der Waals surface area contributed by atoms with E-state index in [9.17, 15) is 22.8 Å². The second kappa shape index (κ2) is 12.0. The lowest BCUT2D eigenvalue weighted by molar-refractivity contribution is -0.148. The zero-order valence-corrected chi connectivity index (χ0v) is 19.5. The monoisotopic (exact) mass is 477 g/mol. The first kappa shape index (κ1) is 25.8. The van der Waals surface area contributed by atoms with Crippen LogP contribution in [0, 0.1) is 13.8 Å². The number of anilines is 1. The highest BCUT2D eigenvalue weighted by Gasteiger charge is 2.16. The zero-order chi connectivity index (χ0) is 24.4. The SMILES string of the molecule is CCOc1ccc(S(=O)(=O)NCCC(=O)OCC(=O)NC(=O)Nc2ccc(C)cc2C)cc1. The third kappa shape index (κ3) is 8.54. The van der Waals surface area contributed by atoms with E-state index in [2.05, 4.69) is 15.4 Å². The van der Waals surface area contributed by atoms with Crippen molar-refractivity contribution in [3.63, 3.8) is 0 Å². The number of carbonyl (C=O) groups is 3. The van der Waals surface area contributed by atoms with Crippen molar-refractivity contribution in [1.82, 2.24) is 10.0 Å². The van der Waals surface area contributed by atoms with Crippen LogP contribution in [0.1, 0.15) is 24.5 Å². The fourth-order valence-electron chi connectivity index (χ4n) is 2.74. The van der Waals surface area contributed by atoms with E-state index in [0.717, 1.165) is 11.1 Å². The molecule has 0 atom stereocenters. The number of rotatable bonds is 10. The van der Waals surface area contributed by atoms with Crippen LogP contribution in [-0.2, 0) is 24.3 Å². The van der Waals surface area contributed by atoms with Crippen molar-refractivity contribution >= 4 is 33.6 Å². The smallest absolute Gasteiger partial charge is 0.325 e. The Bertz CT molecular complexity index is 1100. The first-order chi connectivity index (χ1) is 15.6. The number of benzene rings is 2. The van der Waals surface area contributed by atoms with Gasteiger partial charge in [0.05, 0.1) is 17.9 Å². The summed E-state index contributed by atoms with van der Waals surface area (Å²) in [5, 5.41) is 4.59. The lowest BCUT2D eigenvalue weighted by Gasteiger charge is -2.10. The molecule has 0 aliphatic heterocycles. The number of esters is 1. The second-order valence-electron chi connectivity index (χ2n) is 7.03. The maximum atomic E-state index is 12.3. The molecular weight excluding hydrogens is 450 g/mol. The minimum absolute atomic E-state index is 0.0218. The quantitative estimate of drug-likeness (QED) is 0.446. The van der Waals surface area contributed by atoms with Gasteiger partial charge in [0.15, 0.2) is 6.61 Å². The third-order valence-corrected chi connectivity index (χ3v) is 5.79. The lowest BCUT2D eigenvalue weighted by atomic mass is 10.1. The van der Waals surface area contributed by atoms with Crippen molar-refractivity contribution < 1.29 is 32.3 Å². The summed E-state index contributed by atoms with van der Waals surface area (Å²) in [5.41, 5.74) is 2.41. The van der Waals surface area contributed by atoms with Crippen LogP contribution in [0.4, 0.5) is 10.5 Å². The van der Waals surface area contributed by atoms with Gasteiger partial charge in [-0.25, -0.2) is 17.9 Å². The number of nitrogens with one attached hydrogen (secondary N) is 3. The van der Waals surface area contributed by atoms with Gasteiger partial charge >= 0.3 is 12.0 Å². The molecule has 0 radical (unpaired) electrons. The Morgan fingerprint density at radius 2 is 1.70 bits per heavy atom. The summed E-state index contributed by atoms with van der Waals surface area (Å²) in [6.07, 6.45) is -0.293. The van der Waals surface area contributed by atoms with Gasteiger partial charge in [0.25, 0.3) is 5.91 Å². The van der Waals surface area contributed by atoms with Gasteiger partial charge in [0.1, 0.15) is 5.75 Å². The Hall–Kier alpha value is -3.44. The van der Waals surface area contributed by atoms with Crippen LogP contribution in [0.5, 0.6) is 5.75 Å². The molecule has 0 unspecified atom stereocenters. The van der Waals surface area contributed by atoms with Gasteiger partial charge < -0.3 is 14.8 Å². The number of sulfonamides is 1. The Balaban J connectivity index is 1.71. The summed E-state index contributed by atoms with van der Waals surface area (Å²) in [4.78, 5) is 35.5. The third-order valence-electron chi connectivity index (χ3n) is 4.31. The van der Waals surface area contributed by atoms with Crippen LogP contribution in [0.3, 0.4) is 0 Å². The minimum Gasteiger partial charge on any atom is -0.494 e. The van der Waals surface area contributed by atoms with Crippen LogP contribution >= 0.6 is 0 Å². The van der Waals surface area contributed by atoms with E-state index in [-0.39, 0.29) is 17.9 Å². The molecular formula is C22H27N3O7S. The summed E-state index contributed by atoms with van der Waals surface area (Å²) in [5.74, 6) is -1.07. The molecule has 10 nitrogen and oxygen atoms in total. The molecule has 0 fully saturated rings. The molecule has 2 aromatic rings. The molecule has 11 heteroatoms. The topological polar surface area (TPSA) is 140 Å². The fraction of sp³-hybridized carbons (Fsp3) is 0.318. The number of hydrogen-bond acceptors (Lipinski definition) is 7. The lowest BCUT2D eigenvalue weighted by Crippen LogP contribution is -2.37. The van der Waals surface area contributed by atoms with E-state index in [1.807, 2.05) is 32.9 Å².